The zero-order valence-electron chi connectivity index (χ0n) is 12.9. The minimum absolute atomic E-state index is 0.157. The lowest BCUT2D eigenvalue weighted by atomic mass is 10.1. The van der Waals surface area contributed by atoms with Gasteiger partial charge in [0.05, 0.1) is 9.92 Å². The van der Waals surface area contributed by atoms with Gasteiger partial charge >= 0.3 is 0 Å². The number of aliphatic imine (C=N–C) groups is 1. The maximum atomic E-state index is 12.8. The molecule has 3 rings (SSSR count). The number of guanidine groups is 1. The van der Waals surface area contributed by atoms with E-state index >= 15 is 0 Å². The van der Waals surface area contributed by atoms with Gasteiger partial charge in [-0.2, -0.15) is 9.30 Å². The van der Waals surface area contributed by atoms with Crippen molar-refractivity contribution in [1.82, 2.24) is 9.29 Å². The van der Waals surface area contributed by atoms with E-state index in [2.05, 4.69) is 9.98 Å². The summed E-state index contributed by atoms with van der Waals surface area (Å²) in [5.41, 5.74) is 10.8. The molecule has 1 saturated heterocycles. The second-order valence-electron chi connectivity index (χ2n) is 5.64. The van der Waals surface area contributed by atoms with Gasteiger partial charge in [0.2, 0.25) is 10.0 Å². The third-order valence-corrected chi connectivity index (χ3v) is 6.17. The molecule has 0 aliphatic carbocycles. The van der Waals surface area contributed by atoms with Crippen LogP contribution in [0.5, 0.6) is 0 Å². The van der Waals surface area contributed by atoms with E-state index in [1.165, 1.54) is 16.6 Å². The van der Waals surface area contributed by atoms with Crippen LogP contribution in [-0.2, 0) is 10.0 Å². The minimum Gasteiger partial charge on any atom is -0.370 e. The number of hydrogen-bond donors (Lipinski definition) is 2. The predicted octanol–water partition coefficient (Wildman–Crippen LogP) is 1.97. The van der Waals surface area contributed by atoms with Gasteiger partial charge in [-0.3, -0.25) is 0 Å². The summed E-state index contributed by atoms with van der Waals surface area (Å²) in [4.78, 5) is 8.24. The first-order chi connectivity index (χ1) is 11.4. The van der Waals surface area contributed by atoms with E-state index in [4.69, 9.17) is 23.1 Å². The van der Waals surface area contributed by atoms with Gasteiger partial charge in [-0.05, 0) is 25.0 Å². The summed E-state index contributed by atoms with van der Waals surface area (Å²) in [6.45, 7) is 1.07. The van der Waals surface area contributed by atoms with Crippen LogP contribution in [0.25, 0.3) is 10.8 Å². The first-order valence-corrected chi connectivity index (χ1v) is 9.39. The van der Waals surface area contributed by atoms with Crippen LogP contribution in [-0.4, -0.2) is 36.8 Å². The Bertz CT molecular complexity index is 903. The predicted molar refractivity (Wildman–Crippen MR) is 94.8 cm³/mol. The lowest BCUT2D eigenvalue weighted by Gasteiger charge is -2.26. The van der Waals surface area contributed by atoms with Gasteiger partial charge in [-0.25, -0.2) is 13.4 Å². The molecule has 24 heavy (non-hydrogen) atoms. The zero-order chi connectivity index (χ0) is 17.3. The molecule has 0 unspecified atom stereocenters. The molecule has 7 nitrogen and oxygen atoms in total. The van der Waals surface area contributed by atoms with Gasteiger partial charge in [-0.1, -0.05) is 24.1 Å². The van der Waals surface area contributed by atoms with Gasteiger partial charge in [0.1, 0.15) is 0 Å². The van der Waals surface area contributed by atoms with Crippen molar-refractivity contribution in [2.24, 2.45) is 16.5 Å². The van der Waals surface area contributed by atoms with Gasteiger partial charge in [0.25, 0.3) is 0 Å². The summed E-state index contributed by atoms with van der Waals surface area (Å²) in [5, 5.41) is 1.54. The number of aromatic nitrogens is 1. The number of piperidine rings is 1. The van der Waals surface area contributed by atoms with Gasteiger partial charge in [0, 0.05) is 30.1 Å². The Balaban J connectivity index is 2.15. The van der Waals surface area contributed by atoms with Crippen LogP contribution in [0, 0.1) is 0 Å². The molecule has 0 spiro atoms. The maximum Gasteiger partial charge on any atom is 0.243 e. The molecular weight excluding hydrogens is 350 g/mol. The lowest BCUT2D eigenvalue weighted by molar-refractivity contribution is 0.346. The number of benzene rings is 1. The SMILES string of the molecule is NC(N)=Nc1ncc(Cl)c2ccc(S(=O)(=O)N3CCCCC3)cc12. The summed E-state index contributed by atoms with van der Waals surface area (Å²) >= 11 is 6.15. The summed E-state index contributed by atoms with van der Waals surface area (Å²) in [6, 6.07) is 4.74. The number of sulfonamides is 1. The second-order valence-corrected chi connectivity index (χ2v) is 7.98. The Labute approximate surface area is 145 Å². The molecule has 2 aromatic rings. The average Bonchev–Trinajstić information content (AvgIpc) is 2.57. The van der Waals surface area contributed by atoms with Crippen molar-refractivity contribution in [3.05, 3.63) is 29.4 Å². The third-order valence-electron chi connectivity index (χ3n) is 3.98. The fourth-order valence-electron chi connectivity index (χ4n) is 2.80. The summed E-state index contributed by atoms with van der Waals surface area (Å²) in [7, 11) is -3.56. The van der Waals surface area contributed by atoms with E-state index in [9.17, 15) is 8.42 Å². The van der Waals surface area contributed by atoms with E-state index in [0.717, 1.165) is 19.3 Å². The molecule has 0 amide bonds. The molecule has 0 atom stereocenters. The van der Waals surface area contributed by atoms with Crippen molar-refractivity contribution in [2.45, 2.75) is 24.2 Å². The van der Waals surface area contributed by atoms with Crippen molar-refractivity contribution < 1.29 is 8.42 Å². The number of pyridine rings is 1. The second kappa shape index (κ2) is 6.54. The normalized spacial score (nSPS) is 16.2. The molecule has 1 aliphatic heterocycles. The molecule has 9 heteroatoms. The van der Waals surface area contributed by atoms with Crippen molar-refractivity contribution in [2.75, 3.05) is 13.1 Å². The molecule has 0 saturated carbocycles. The van der Waals surface area contributed by atoms with Gasteiger partial charge in [-0.15, -0.1) is 0 Å². The molecule has 0 bridgehead atoms. The van der Waals surface area contributed by atoms with Crippen LogP contribution in [0.4, 0.5) is 5.82 Å². The fourth-order valence-corrected chi connectivity index (χ4v) is 4.56. The molecule has 1 aliphatic rings. The largest absolute Gasteiger partial charge is 0.370 e. The highest BCUT2D eigenvalue weighted by Gasteiger charge is 2.26. The van der Waals surface area contributed by atoms with Gasteiger partial charge in [0.15, 0.2) is 11.8 Å². The van der Waals surface area contributed by atoms with E-state index in [1.54, 1.807) is 12.1 Å². The molecule has 2 heterocycles. The Morgan fingerprint density at radius 1 is 1.17 bits per heavy atom. The van der Waals surface area contributed by atoms with E-state index < -0.39 is 10.0 Å². The minimum atomic E-state index is -3.56. The van der Waals surface area contributed by atoms with Crippen LogP contribution in [0.3, 0.4) is 0 Å². The van der Waals surface area contributed by atoms with Gasteiger partial charge < -0.3 is 11.5 Å². The summed E-state index contributed by atoms with van der Waals surface area (Å²) in [5.74, 6) is 0.0838. The molecule has 0 radical (unpaired) electrons. The Hall–Kier alpha value is -1.90. The highest BCUT2D eigenvalue weighted by atomic mass is 35.5. The standard InChI is InChI=1S/C15H18ClN5O2S/c16-13-9-19-14(20-15(17)18)12-8-10(4-5-11(12)13)24(22,23)21-6-2-1-3-7-21/h4-5,8-9H,1-3,6-7H2,(H4,17,18,19,20). The quantitative estimate of drug-likeness (QED) is 0.635. The molecule has 4 N–H and O–H groups in total. The number of rotatable bonds is 3. The smallest absolute Gasteiger partial charge is 0.243 e. The molecule has 1 aromatic carbocycles. The number of hydrogen-bond acceptors (Lipinski definition) is 4. The summed E-state index contributed by atoms with van der Waals surface area (Å²) < 4.78 is 27.2. The Kier molecular flexibility index (Phi) is 4.62. The average molecular weight is 368 g/mol. The zero-order valence-corrected chi connectivity index (χ0v) is 14.5. The number of nitrogens with zero attached hydrogens (tertiary/aromatic N) is 3. The molecule has 1 fully saturated rings. The Morgan fingerprint density at radius 2 is 1.88 bits per heavy atom. The fraction of sp³-hybridized carbons (Fsp3) is 0.333. The molecule has 128 valence electrons. The molecule has 1 aromatic heterocycles. The molecular formula is C15H18ClN5O2S. The lowest BCUT2D eigenvalue weighted by Crippen LogP contribution is -2.35. The van der Waals surface area contributed by atoms with Crippen molar-refractivity contribution in [1.29, 1.82) is 0 Å². The van der Waals surface area contributed by atoms with E-state index in [1.807, 2.05) is 0 Å². The van der Waals surface area contributed by atoms with Crippen LogP contribution in [0.15, 0.2) is 34.3 Å². The van der Waals surface area contributed by atoms with E-state index in [-0.39, 0.29) is 16.7 Å². The highest BCUT2D eigenvalue weighted by Crippen LogP contribution is 2.32. The number of nitrogens with two attached hydrogens (primary N) is 2. The first-order valence-electron chi connectivity index (χ1n) is 7.57. The highest BCUT2D eigenvalue weighted by molar-refractivity contribution is 7.89. The van der Waals surface area contributed by atoms with Crippen LogP contribution < -0.4 is 11.5 Å². The Morgan fingerprint density at radius 3 is 2.54 bits per heavy atom. The van der Waals surface area contributed by atoms with E-state index in [0.29, 0.717) is 28.9 Å². The number of halogens is 1. The van der Waals surface area contributed by atoms with Crippen molar-refractivity contribution in [3.63, 3.8) is 0 Å². The third kappa shape index (κ3) is 3.17. The van der Waals surface area contributed by atoms with Crippen LogP contribution >= 0.6 is 11.6 Å². The summed E-state index contributed by atoms with van der Waals surface area (Å²) in [6.07, 6.45) is 4.24. The van der Waals surface area contributed by atoms with Crippen LogP contribution in [0.2, 0.25) is 5.02 Å². The first kappa shape index (κ1) is 16.9. The monoisotopic (exact) mass is 367 g/mol. The van der Waals surface area contributed by atoms with Crippen LogP contribution in [0.1, 0.15) is 19.3 Å². The van der Waals surface area contributed by atoms with Crippen molar-refractivity contribution >= 4 is 44.2 Å². The van der Waals surface area contributed by atoms with Crippen molar-refractivity contribution in [3.8, 4) is 0 Å². The topological polar surface area (TPSA) is 115 Å². The number of fused-ring (bicyclic) bond motifs is 1. The maximum absolute atomic E-state index is 12.8.